The van der Waals surface area contributed by atoms with Crippen molar-refractivity contribution in [3.8, 4) is 11.5 Å². The number of carbonyl (C=O) groups excluding carboxylic acids is 2. The Hall–Kier alpha value is -3.08. The summed E-state index contributed by atoms with van der Waals surface area (Å²) in [7, 11) is 0. The lowest BCUT2D eigenvalue weighted by atomic mass is 10.0. The van der Waals surface area contributed by atoms with Crippen molar-refractivity contribution in [1.29, 1.82) is 0 Å². The number of esters is 1. The number of para-hydroxylation sites is 2. The fraction of sp³-hybridized carbons (Fsp3) is 0.158. The minimum atomic E-state index is -0.362. The van der Waals surface area contributed by atoms with Gasteiger partial charge in [0.2, 0.25) is 0 Å². The monoisotopic (exact) mass is 323 g/mol. The number of carbonyl (C=O) groups is 2. The standard InChI is InChI=1S/C19H17NO4/c1-11-8-14(9-12(2)18(11)23-13(3)21)10-17-19(22)20-15-6-4-5-7-16(15)24-17/h4-10H,1-3H3,(H,20,22). The van der Waals surface area contributed by atoms with E-state index < -0.39 is 0 Å². The van der Waals surface area contributed by atoms with Gasteiger partial charge in [0, 0.05) is 6.92 Å². The first-order valence-electron chi connectivity index (χ1n) is 7.53. The lowest BCUT2D eigenvalue weighted by molar-refractivity contribution is -0.132. The van der Waals surface area contributed by atoms with Gasteiger partial charge in [-0.2, -0.15) is 0 Å². The van der Waals surface area contributed by atoms with Crippen molar-refractivity contribution in [3.05, 3.63) is 58.8 Å². The number of benzene rings is 2. The number of nitrogens with one attached hydrogen (secondary N) is 1. The van der Waals surface area contributed by atoms with Gasteiger partial charge in [-0.15, -0.1) is 0 Å². The molecule has 24 heavy (non-hydrogen) atoms. The van der Waals surface area contributed by atoms with Crippen LogP contribution >= 0.6 is 0 Å². The van der Waals surface area contributed by atoms with Crippen molar-refractivity contribution in [2.75, 3.05) is 5.32 Å². The molecule has 1 aliphatic heterocycles. The van der Waals surface area contributed by atoms with Crippen LogP contribution in [0.4, 0.5) is 5.69 Å². The van der Waals surface area contributed by atoms with Crippen molar-refractivity contribution in [2.24, 2.45) is 0 Å². The molecule has 2 aromatic rings. The van der Waals surface area contributed by atoms with Crippen LogP contribution in [0.25, 0.3) is 6.08 Å². The molecule has 1 heterocycles. The molecule has 0 radical (unpaired) electrons. The molecule has 0 aromatic heterocycles. The molecule has 0 saturated heterocycles. The van der Waals surface area contributed by atoms with E-state index in [0.29, 0.717) is 17.2 Å². The van der Waals surface area contributed by atoms with E-state index >= 15 is 0 Å². The maximum absolute atomic E-state index is 12.2. The van der Waals surface area contributed by atoms with Gasteiger partial charge in [-0.3, -0.25) is 9.59 Å². The third-order valence-corrected chi connectivity index (χ3v) is 3.61. The third-order valence-electron chi connectivity index (χ3n) is 3.61. The summed E-state index contributed by atoms with van der Waals surface area (Å²) in [6.07, 6.45) is 1.67. The molecule has 1 aliphatic rings. The molecule has 0 aliphatic carbocycles. The molecule has 0 unspecified atom stereocenters. The summed E-state index contributed by atoms with van der Waals surface area (Å²) in [6, 6.07) is 10.9. The SMILES string of the molecule is CC(=O)Oc1c(C)cc(C=C2Oc3ccccc3NC2=O)cc1C. The van der Waals surface area contributed by atoms with Gasteiger partial charge in [0.25, 0.3) is 5.91 Å². The Morgan fingerprint density at radius 1 is 1.17 bits per heavy atom. The van der Waals surface area contributed by atoms with Crippen molar-refractivity contribution < 1.29 is 19.1 Å². The molecule has 0 fully saturated rings. The highest BCUT2D eigenvalue weighted by Gasteiger charge is 2.21. The molecular weight excluding hydrogens is 306 g/mol. The lowest BCUT2D eigenvalue weighted by Gasteiger charge is -2.19. The molecule has 1 N–H and O–H groups in total. The fourth-order valence-electron chi connectivity index (χ4n) is 2.63. The molecule has 2 aromatic carbocycles. The molecule has 3 rings (SSSR count). The number of hydrogen-bond donors (Lipinski definition) is 1. The fourth-order valence-corrected chi connectivity index (χ4v) is 2.63. The van der Waals surface area contributed by atoms with Crippen LogP contribution in [0.1, 0.15) is 23.6 Å². The van der Waals surface area contributed by atoms with E-state index in [1.165, 1.54) is 6.92 Å². The largest absolute Gasteiger partial charge is 0.449 e. The average molecular weight is 323 g/mol. The van der Waals surface area contributed by atoms with Crippen molar-refractivity contribution in [2.45, 2.75) is 20.8 Å². The van der Waals surface area contributed by atoms with E-state index in [1.54, 1.807) is 18.2 Å². The van der Waals surface area contributed by atoms with Gasteiger partial charge < -0.3 is 14.8 Å². The van der Waals surface area contributed by atoms with E-state index in [0.717, 1.165) is 16.7 Å². The van der Waals surface area contributed by atoms with Gasteiger partial charge in [0.05, 0.1) is 5.69 Å². The Balaban J connectivity index is 1.94. The van der Waals surface area contributed by atoms with Gasteiger partial charge in [0.15, 0.2) is 11.5 Å². The minimum absolute atomic E-state index is 0.215. The van der Waals surface area contributed by atoms with Crippen LogP contribution in [0.5, 0.6) is 11.5 Å². The van der Waals surface area contributed by atoms with E-state index in [9.17, 15) is 9.59 Å². The van der Waals surface area contributed by atoms with E-state index in [4.69, 9.17) is 9.47 Å². The summed E-state index contributed by atoms with van der Waals surface area (Å²) >= 11 is 0. The van der Waals surface area contributed by atoms with Crippen LogP contribution in [0.3, 0.4) is 0 Å². The quantitative estimate of drug-likeness (QED) is 0.521. The predicted molar refractivity (Wildman–Crippen MR) is 90.9 cm³/mol. The van der Waals surface area contributed by atoms with Crippen LogP contribution in [0, 0.1) is 13.8 Å². The van der Waals surface area contributed by atoms with Crippen molar-refractivity contribution >= 4 is 23.6 Å². The molecule has 122 valence electrons. The van der Waals surface area contributed by atoms with Crippen molar-refractivity contribution in [3.63, 3.8) is 0 Å². The van der Waals surface area contributed by atoms with E-state index in [-0.39, 0.29) is 17.6 Å². The van der Waals surface area contributed by atoms with Gasteiger partial charge in [-0.05, 0) is 60.9 Å². The zero-order chi connectivity index (χ0) is 17.3. The molecule has 1 amide bonds. The normalized spacial score (nSPS) is 14.6. The Morgan fingerprint density at radius 3 is 2.50 bits per heavy atom. The molecule has 0 bridgehead atoms. The Bertz CT molecular complexity index is 844. The van der Waals surface area contributed by atoms with Crippen LogP contribution < -0.4 is 14.8 Å². The number of hydrogen-bond acceptors (Lipinski definition) is 4. The molecule has 0 spiro atoms. The summed E-state index contributed by atoms with van der Waals surface area (Å²) in [5.41, 5.74) is 3.07. The van der Waals surface area contributed by atoms with Gasteiger partial charge in [-0.1, -0.05) is 12.1 Å². The molecule has 5 nitrogen and oxygen atoms in total. The highest BCUT2D eigenvalue weighted by molar-refractivity contribution is 6.08. The second-order valence-corrected chi connectivity index (χ2v) is 5.64. The Morgan fingerprint density at radius 2 is 1.83 bits per heavy atom. The van der Waals surface area contributed by atoms with E-state index in [1.807, 2.05) is 38.1 Å². The highest BCUT2D eigenvalue weighted by Crippen LogP contribution is 2.32. The summed E-state index contributed by atoms with van der Waals surface area (Å²) in [5, 5.41) is 2.80. The number of rotatable bonds is 2. The minimum Gasteiger partial charge on any atom is -0.449 e. The summed E-state index contributed by atoms with van der Waals surface area (Å²) < 4.78 is 10.9. The van der Waals surface area contributed by atoms with Crippen LogP contribution in [-0.4, -0.2) is 11.9 Å². The number of amides is 1. The number of aryl methyl sites for hydroxylation is 2. The smallest absolute Gasteiger partial charge is 0.308 e. The van der Waals surface area contributed by atoms with Crippen LogP contribution in [-0.2, 0) is 9.59 Å². The zero-order valence-corrected chi connectivity index (χ0v) is 13.7. The topological polar surface area (TPSA) is 64.6 Å². The maximum Gasteiger partial charge on any atom is 0.308 e. The third kappa shape index (κ3) is 3.15. The Kier molecular flexibility index (Phi) is 4.08. The molecule has 5 heteroatoms. The first kappa shape index (κ1) is 15.8. The first-order chi connectivity index (χ1) is 11.4. The van der Waals surface area contributed by atoms with Crippen LogP contribution in [0.2, 0.25) is 0 Å². The molecule has 0 atom stereocenters. The summed E-state index contributed by atoms with van der Waals surface area (Å²) in [6.45, 7) is 5.07. The lowest BCUT2D eigenvalue weighted by Crippen LogP contribution is -2.23. The zero-order valence-electron chi connectivity index (χ0n) is 13.7. The van der Waals surface area contributed by atoms with Gasteiger partial charge in [0.1, 0.15) is 5.75 Å². The number of fused-ring (bicyclic) bond motifs is 1. The van der Waals surface area contributed by atoms with E-state index in [2.05, 4.69) is 5.32 Å². The first-order valence-corrected chi connectivity index (χ1v) is 7.53. The second-order valence-electron chi connectivity index (χ2n) is 5.64. The number of anilines is 1. The molecule has 0 saturated carbocycles. The second kappa shape index (κ2) is 6.20. The number of ether oxygens (including phenoxy) is 2. The van der Waals surface area contributed by atoms with Crippen molar-refractivity contribution in [1.82, 2.24) is 0 Å². The summed E-state index contributed by atoms with van der Waals surface area (Å²) in [4.78, 5) is 23.3. The predicted octanol–water partition coefficient (Wildman–Crippen LogP) is 3.60. The molecular formula is C19H17NO4. The van der Waals surface area contributed by atoms with Crippen LogP contribution in [0.15, 0.2) is 42.2 Å². The average Bonchev–Trinajstić information content (AvgIpc) is 2.51. The Labute approximate surface area is 139 Å². The maximum atomic E-state index is 12.2. The summed E-state index contributed by atoms with van der Waals surface area (Å²) in [5.74, 6) is 0.706. The van der Waals surface area contributed by atoms with Gasteiger partial charge >= 0.3 is 5.97 Å². The van der Waals surface area contributed by atoms with Gasteiger partial charge in [-0.25, -0.2) is 0 Å². The highest BCUT2D eigenvalue weighted by atomic mass is 16.5.